The smallest absolute Gasteiger partial charge is 0.224 e. The van der Waals surface area contributed by atoms with Crippen LogP contribution >= 0.6 is 12.2 Å². The molecule has 0 saturated carbocycles. The van der Waals surface area contributed by atoms with Gasteiger partial charge in [0.1, 0.15) is 4.99 Å². The van der Waals surface area contributed by atoms with E-state index in [1.165, 1.54) is 0 Å². The molecule has 0 atom stereocenters. The molecule has 2 rings (SSSR count). The summed E-state index contributed by atoms with van der Waals surface area (Å²) in [4.78, 5) is 13.9. The van der Waals surface area contributed by atoms with Crippen molar-refractivity contribution in [2.45, 2.75) is 12.8 Å². The number of thiocarbonyl (C=S) groups is 1. The maximum atomic E-state index is 11.0. The number of ether oxygens (including phenoxy) is 1. The number of nitrogens with zero attached hydrogens (tertiary/aromatic N) is 1. The van der Waals surface area contributed by atoms with Crippen molar-refractivity contribution in [3.05, 3.63) is 11.8 Å². The van der Waals surface area contributed by atoms with E-state index in [4.69, 9.17) is 17.0 Å². The predicted octanol–water partition coefficient (Wildman–Crippen LogP) is 0.440. The lowest BCUT2D eigenvalue weighted by molar-refractivity contribution is -0.118. The van der Waals surface area contributed by atoms with Crippen molar-refractivity contribution in [3.8, 4) is 0 Å². The number of amides is 1. The summed E-state index contributed by atoms with van der Waals surface area (Å²) in [7, 11) is 0. The Kier molecular flexibility index (Phi) is 3.33. The normalized spacial score (nSPS) is 24.4. The van der Waals surface area contributed by atoms with Crippen LogP contribution in [0.3, 0.4) is 0 Å². The minimum atomic E-state index is 0.0889. The zero-order valence-electron chi connectivity index (χ0n) is 8.49. The standard InChI is InChI=1S/C10H14N2O2S/c13-9-2-1-8(11-9)7-10(15)12-3-5-14-6-4-12/h7H,1-6H2,(H,11,13)/b8-7+. The van der Waals surface area contributed by atoms with Gasteiger partial charge in [-0.1, -0.05) is 12.2 Å². The van der Waals surface area contributed by atoms with Crippen LogP contribution in [0, 0.1) is 0 Å². The zero-order valence-corrected chi connectivity index (χ0v) is 9.31. The number of rotatable bonds is 1. The maximum Gasteiger partial charge on any atom is 0.224 e. The molecular weight excluding hydrogens is 212 g/mol. The van der Waals surface area contributed by atoms with Crippen LogP contribution in [-0.4, -0.2) is 42.1 Å². The first-order chi connectivity index (χ1) is 7.25. The Hall–Kier alpha value is -0.940. The highest BCUT2D eigenvalue weighted by molar-refractivity contribution is 7.80. The van der Waals surface area contributed by atoms with Crippen LogP contribution < -0.4 is 5.32 Å². The van der Waals surface area contributed by atoms with Crippen molar-refractivity contribution in [2.24, 2.45) is 0 Å². The molecule has 2 heterocycles. The molecule has 0 spiro atoms. The van der Waals surface area contributed by atoms with Gasteiger partial charge >= 0.3 is 0 Å². The summed E-state index contributed by atoms with van der Waals surface area (Å²) in [6.07, 6.45) is 3.26. The quantitative estimate of drug-likeness (QED) is 0.520. The molecule has 2 saturated heterocycles. The third-order valence-corrected chi connectivity index (χ3v) is 2.92. The van der Waals surface area contributed by atoms with Crippen LogP contribution in [0.1, 0.15) is 12.8 Å². The van der Waals surface area contributed by atoms with Crippen molar-refractivity contribution in [1.82, 2.24) is 10.2 Å². The minimum absolute atomic E-state index is 0.0889. The first-order valence-corrected chi connectivity index (χ1v) is 5.53. The van der Waals surface area contributed by atoms with Gasteiger partial charge < -0.3 is 15.0 Å². The predicted molar refractivity (Wildman–Crippen MR) is 60.4 cm³/mol. The van der Waals surface area contributed by atoms with Gasteiger partial charge in [-0.15, -0.1) is 0 Å². The third kappa shape index (κ3) is 2.76. The fourth-order valence-corrected chi connectivity index (χ4v) is 2.01. The maximum absolute atomic E-state index is 11.0. The number of carbonyl (C=O) groups is 1. The van der Waals surface area contributed by atoms with Crippen LogP contribution in [0.2, 0.25) is 0 Å². The van der Waals surface area contributed by atoms with E-state index in [0.29, 0.717) is 6.42 Å². The molecular formula is C10H14N2O2S. The molecule has 2 fully saturated rings. The van der Waals surface area contributed by atoms with Crippen LogP contribution in [0.15, 0.2) is 11.8 Å². The van der Waals surface area contributed by atoms with Gasteiger partial charge in [-0.3, -0.25) is 4.79 Å². The van der Waals surface area contributed by atoms with Crippen molar-refractivity contribution in [3.63, 3.8) is 0 Å². The molecule has 2 aliphatic heterocycles. The number of morpholine rings is 1. The molecule has 15 heavy (non-hydrogen) atoms. The molecule has 2 aliphatic rings. The molecule has 0 aliphatic carbocycles. The van der Waals surface area contributed by atoms with Crippen LogP contribution in [0.25, 0.3) is 0 Å². The molecule has 1 amide bonds. The Morgan fingerprint density at radius 2 is 2.13 bits per heavy atom. The van der Waals surface area contributed by atoms with Crippen molar-refractivity contribution < 1.29 is 9.53 Å². The van der Waals surface area contributed by atoms with E-state index in [1.807, 2.05) is 6.08 Å². The molecule has 0 bridgehead atoms. The number of hydrogen-bond acceptors (Lipinski definition) is 3. The van der Waals surface area contributed by atoms with E-state index < -0.39 is 0 Å². The van der Waals surface area contributed by atoms with Gasteiger partial charge in [0.25, 0.3) is 0 Å². The molecule has 0 aromatic heterocycles. The highest BCUT2D eigenvalue weighted by Gasteiger charge is 2.17. The molecule has 0 aromatic rings. The second kappa shape index (κ2) is 4.72. The van der Waals surface area contributed by atoms with Gasteiger partial charge in [0.05, 0.1) is 13.2 Å². The van der Waals surface area contributed by atoms with Crippen LogP contribution in [0.4, 0.5) is 0 Å². The lowest BCUT2D eigenvalue weighted by atomic mass is 10.3. The van der Waals surface area contributed by atoms with E-state index in [-0.39, 0.29) is 5.91 Å². The molecule has 82 valence electrons. The highest BCUT2D eigenvalue weighted by atomic mass is 32.1. The van der Waals surface area contributed by atoms with E-state index in [0.717, 1.165) is 43.4 Å². The summed E-state index contributed by atoms with van der Waals surface area (Å²) >= 11 is 5.29. The Balaban J connectivity index is 1.93. The average Bonchev–Trinajstić information content (AvgIpc) is 2.65. The van der Waals surface area contributed by atoms with E-state index in [9.17, 15) is 4.79 Å². The SMILES string of the molecule is O=C1CC/C(=C\C(=S)N2CCOCC2)N1. The molecule has 0 aromatic carbocycles. The number of allylic oxidation sites excluding steroid dienone is 1. The van der Waals surface area contributed by atoms with Gasteiger partial charge in [-0.2, -0.15) is 0 Å². The first kappa shape index (κ1) is 10.6. The summed E-state index contributed by atoms with van der Waals surface area (Å²) in [6.45, 7) is 3.15. The Labute approximate surface area is 94.3 Å². The van der Waals surface area contributed by atoms with Crippen LogP contribution in [0.5, 0.6) is 0 Å². The van der Waals surface area contributed by atoms with Gasteiger partial charge in [0.15, 0.2) is 0 Å². The number of carbonyl (C=O) groups excluding carboxylic acids is 1. The summed E-state index contributed by atoms with van der Waals surface area (Å²) in [5.41, 5.74) is 0.941. The van der Waals surface area contributed by atoms with E-state index >= 15 is 0 Å². The molecule has 5 heteroatoms. The number of nitrogens with one attached hydrogen (secondary N) is 1. The Morgan fingerprint density at radius 1 is 1.40 bits per heavy atom. The van der Waals surface area contributed by atoms with Gasteiger partial charge in [-0.25, -0.2) is 0 Å². The Morgan fingerprint density at radius 3 is 2.73 bits per heavy atom. The van der Waals surface area contributed by atoms with Crippen molar-refractivity contribution in [1.29, 1.82) is 0 Å². The van der Waals surface area contributed by atoms with E-state index in [1.54, 1.807) is 0 Å². The lowest BCUT2D eigenvalue weighted by Crippen LogP contribution is -2.39. The van der Waals surface area contributed by atoms with Crippen molar-refractivity contribution in [2.75, 3.05) is 26.3 Å². The molecule has 1 N–H and O–H groups in total. The highest BCUT2D eigenvalue weighted by Crippen LogP contribution is 2.11. The molecule has 0 unspecified atom stereocenters. The fourth-order valence-electron chi connectivity index (χ4n) is 1.68. The third-order valence-electron chi connectivity index (χ3n) is 2.54. The number of hydrogen-bond donors (Lipinski definition) is 1. The van der Waals surface area contributed by atoms with Crippen molar-refractivity contribution >= 4 is 23.1 Å². The Bertz CT molecular complexity index is 309. The van der Waals surface area contributed by atoms with Gasteiger partial charge in [0, 0.05) is 25.2 Å². The summed E-state index contributed by atoms with van der Waals surface area (Å²) < 4.78 is 5.25. The average molecular weight is 226 g/mol. The van der Waals surface area contributed by atoms with Crippen LogP contribution in [-0.2, 0) is 9.53 Å². The largest absolute Gasteiger partial charge is 0.378 e. The first-order valence-electron chi connectivity index (χ1n) is 5.13. The summed E-state index contributed by atoms with van der Waals surface area (Å²) in [5.74, 6) is 0.0889. The molecule has 0 radical (unpaired) electrons. The molecule has 4 nitrogen and oxygen atoms in total. The lowest BCUT2D eigenvalue weighted by Gasteiger charge is -2.28. The van der Waals surface area contributed by atoms with Gasteiger partial charge in [0.2, 0.25) is 5.91 Å². The zero-order chi connectivity index (χ0) is 10.7. The fraction of sp³-hybridized carbons (Fsp3) is 0.600. The topological polar surface area (TPSA) is 41.6 Å². The minimum Gasteiger partial charge on any atom is -0.378 e. The summed E-state index contributed by atoms with van der Waals surface area (Å²) in [5, 5.41) is 2.80. The second-order valence-corrected chi connectivity index (χ2v) is 4.07. The summed E-state index contributed by atoms with van der Waals surface area (Å²) in [6, 6.07) is 0. The van der Waals surface area contributed by atoms with E-state index in [2.05, 4.69) is 10.2 Å². The van der Waals surface area contributed by atoms with Gasteiger partial charge in [-0.05, 0) is 12.5 Å². The second-order valence-electron chi connectivity index (χ2n) is 3.66. The monoisotopic (exact) mass is 226 g/mol.